The molecule has 2 rings (SSSR count). The smallest absolute Gasteiger partial charge is 0.338 e. The van der Waals surface area contributed by atoms with E-state index in [2.05, 4.69) is 19.2 Å². The van der Waals surface area contributed by atoms with Crippen LogP contribution in [0.5, 0.6) is 5.75 Å². The number of carbonyl (C=O) groups is 2. The molecule has 0 radical (unpaired) electrons. The van der Waals surface area contributed by atoms with Crippen LogP contribution in [0.2, 0.25) is 0 Å². The molecule has 1 amide bonds. The Hall–Kier alpha value is -2.04. The lowest BCUT2D eigenvalue weighted by molar-refractivity contribution is -0.125. The summed E-state index contributed by atoms with van der Waals surface area (Å²) in [6.45, 7) is 8.02. The number of hydrogen-bond acceptors (Lipinski definition) is 4. The van der Waals surface area contributed by atoms with Gasteiger partial charge in [0.05, 0.1) is 11.7 Å². The molecule has 0 unspecified atom stereocenters. The van der Waals surface area contributed by atoms with Crippen LogP contribution in [-0.4, -0.2) is 30.6 Å². The number of esters is 1. The third kappa shape index (κ3) is 5.76. The van der Waals surface area contributed by atoms with Gasteiger partial charge in [0.25, 0.3) is 5.91 Å². The molecule has 1 fully saturated rings. The highest BCUT2D eigenvalue weighted by atomic mass is 16.5. The summed E-state index contributed by atoms with van der Waals surface area (Å²) < 4.78 is 10.7. The van der Waals surface area contributed by atoms with Gasteiger partial charge in [-0.3, -0.25) is 4.79 Å². The third-order valence-electron chi connectivity index (χ3n) is 4.85. The number of amides is 1. The molecule has 0 aromatic heterocycles. The van der Waals surface area contributed by atoms with Crippen LogP contribution < -0.4 is 10.1 Å². The van der Waals surface area contributed by atoms with E-state index in [0.717, 1.165) is 12.8 Å². The maximum atomic E-state index is 12.1. The topological polar surface area (TPSA) is 64.6 Å². The van der Waals surface area contributed by atoms with E-state index in [1.807, 2.05) is 13.8 Å². The largest absolute Gasteiger partial charge is 0.491 e. The highest BCUT2D eigenvalue weighted by Crippen LogP contribution is 2.29. The summed E-state index contributed by atoms with van der Waals surface area (Å²) in [5, 5.41) is 3.00. The Morgan fingerprint density at radius 3 is 2.48 bits per heavy atom. The van der Waals surface area contributed by atoms with Gasteiger partial charge in [-0.1, -0.05) is 26.7 Å². The van der Waals surface area contributed by atoms with Crippen molar-refractivity contribution in [1.29, 1.82) is 0 Å². The van der Waals surface area contributed by atoms with Crippen molar-refractivity contribution in [1.82, 2.24) is 5.32 Å². The second-order valence-corrected chi connectivity index (χ2v) is 7.21. The fourth-order valence-corrected chi connectivity index (χ4v) is 3.19. The van der Waals surface area contributed by atoms with Crippen molar-refractivity contribution in [3.05, 3.63) is 29.8 Å². The van der Waals surface area contributed by atoms with Gasteiger partial charge in [-0.25, -0.2) is 4.79 Å². The molecule has 3 atom stereocenters. The monoisotopic (exact) mass is 347 g/mol. The summed E-state index contributed by atoms with van der Waals surface area (Å²) in [7, 11) is 0. The predicted molar refractivity (Wildman–Crippen MR) is 96.6 cm³/mol. The first-order valence-electron chi connectivity index (χ1n) is 9.10. The molecule has 5 heteroatoms. The van der Waals surface area contributed by atoms with E-state index in [0.29, 0.717) is 23.1 Å². The Balaban J connectivity index is 1.80. The molecule has 0 aliphatic heterocycles. The molecule has 1 aromatic carbocycles. The Labute approximate surface area is 150 Å². The van der Waals surface area contributed by atoms with E-state index in [4.69, 9.17) is 9.47 Å². The second kappa shape index (κ2) is 8.88. The van der Waals surface area contributed by atoms with Crippen molar-refractivity contribution in [2.75, 3.05) is 6.61 Å². The lowest BCUT2D eigenvalue weighted by atomic mass is 9.78. The van der Waals surface area contributed by atoms with E-state index in [-0.39, 0.29) is 24.7 Å². The Kier molecular flexibility index (Phi) is 6.85. The summed E-state index contributed by atoms with van der Waals surface area (Å²) in [4.78, 5) is 24.1. The molecule has 1 saturated carbocycles. The molecular weight excluding hydrogens is 318 g/mol. The van der Waals surface area contributed by atoms with Crippen molar-refractivity contribution in [2.45, 2.75) is 59.1 Å². The highest BCUT2D eigenvalue weighted by Gasteiger charge is 2.28. The van der Waals surface area contributed by atoms with Gasteiger partial charge in [0, 0.05) is 6.04 Å². The molecule has 1 aromatic rings. The minimum atomic E-state index is -0.503. The fourth-order valence-electron chi connectivity index (χ4n) is 3.19. The van der Waals surface area contributed by atoms with E-state index in [9.17, 15) is 9.59 Å². The van der Waals surface area contributed by atoms with Crippen molar-refractivity contribution >= 4 is 11.9 Å². The van der Waals surface area contributed by atoms with Crippen LogP contribution in [0.3, 0.4) is 0 Å². The summed E-state index contributed by atoms with van der Waals surface area (Å²) in [5.41, 5.74) is 0.406. The van der Waals surface area contributed by atoms with Crippen LogP contribution in [0, 0.1) is 11.8 Å². The van der Waals surface area contributed by atoms with Gasteiger partial charge in [0.2, 0.25) is 0 Å². The van der Waals surface area contributed by atoms with E-state index < -0.39 is 5.97 Å². The van der Waals surface area contributed by atoms with Gasteiger partial charge >= 0.3 is 5.97 Å². The molecule has 0 bridgehead atoms. The van der Waals surface area contributed by atoms with Crippen LogP contribution >= 0.6 is 0 Å². The van der Waals surface area contributed by atoms with Gasteiger partial charge in [0.1, 0.15) is 5.75 Å². The maximum Gasteiger partial charge on any atom is 0.338 e. The summed E-state index contributed by atoms with van der Waals surface area (Å²) in [6.07, 6.45) is 3.40. The Morgan fingerprint density at radius 2 is 1.84 bits per heavy atom. The SMILES string of the molecule is CC(C)Oc1ccc(C(=O)OCC(=O)N[C@@H]2CCC[C@H](C)[C@H]2C)cc1. The molecule has 0 saturated heterocycles. The number of hydrogen-bond donors (Lipinski definition) is 1. The molecule has 25 heavy (non-hydrogen) atoms. The zero-order chi connectivity index (χ0) is 18.4. The number of nitrogens with one attached hydrogen (secondary N) is 1. The quantitative estimate of drug-likeness (QED) is 0.799. The van der Waals surface area contributed by atoms with Crippen molar-refractivity contribution in [3.63, 3.8) is 0 Å². The maximum absolute atomic E-state index is 12.1. The van der Waals surface area contributed by atoms with Crippen LogP contribution in [0.15, 0.2) is 24.3 Å². The van der Waals surface area contributed by atoms with Crippen molar-refractivity contribution in [3.8, 4) is 5.75 Å². The third-order valence-corrected chi connectivity index (χ3v) is 4.85. The number of ether oxygens (including phenoxy) is 2. The number of carbonyl (C=O) groups excluding carboxylic acids is 2. The molecular formula is C20H29NO4. The van der Waals surface area contributed by atoms with Gasteiger partial charge in [0.15, 0.2) is 6.61 Å². The first-order valence-corrected chi connectivity index (χ1v) is 9.10. The second-order valence-electron chi connectivity index (χ2n) is 7.21. The van der Waals surface area contributed by atoms with Crippen LogP contribution in [0.25, 0.3) is 0 Å². The van der Waals surface area contributed by atoms with Crippen LogP contribution in [0.1, 0.15) is 57.3 Å². The van der Waals surface area contributed by atoms with Gasteiger partial charge < -0.3 is 14.8 Å². The molecule has 1 aliphatic rings. The molecule has 0 spiro atoms. The van der Waals surface area contributed by atoms with E-state index >= 15 is 0 Å². The first kappa shape index (κ1) is 19.3. The first-order chi connectivity index (χ1) is 11.9. The molecule has 0 heterocycles. The van der Waals surface area contributed by atoms with E-state index in [1.165, 1.54) is 6.42 Å². The zero-order valence-corrected chi connectivity index (χ0v) is 15.6. The minimum Gasteiger partial charge on any atom is -0.491 e. The summed E-state index contributed by atoms with van der Waals surface area (Å²) in [6, 6.07) is 6.90. The van der Waals surface area contributed by atoms with E-state index in [1.54, 1.807) is 24.3 Å². The van der Waals surface area contributed by atoms with Gasteiger partial charge in [-0.05, 0) is 56.4 Å². The Bertz CT molecular complexity index is 582. The van der Waals surface area contributed by atoms with Crippen molar-refractivity contribution in [2.24, 2.45) is 11.8 Å². The Morgan fingerprint density at radius 1 is 1.16 bits per heavy atom. The standard InChI is InChI=1S/C20H29NO4/c1-13(2)25-17-10-8-16(9-11-17)20(23)24-12-19(22)21-18-7-5-6-14(3)15(18)4/h8-11,13-15,18H,5-7,12H2,1-4H3,(H,21,22)/t14-,15+,18+/m0/s1. The molecule has 5 nitrogen and oxygen atoms in total. The number of rotatable bonds is 6. The predicted octanol–water partition coefficient (Wildman–Crippen LogP) is 3.57. The fraction of sp³-hybridized carbons (Fsp3) is 0.600. The molecule has 138 valence electrons. The molecule has 1 N–H and O–H groups in total. The lowest BCUT2D eigenvalue weighted by Gasteiger charge is -2.34. The lowest BCUT2D eigenvalue weighted by Crippen LogP contribution is -2.45. The minimum absolute atomic E-state index is 0.0754. The van der Waals surface area contributed by atoms with Crippen LogP contribution in [-0.2, 0) is 9.53 Å². The average Bonchev–Trinajstić information content (AvgIpc) is 2.57. The van der Waals surface area contributed by atoms with Crippen molar-refractivity contribution < 1.29 is 19.1 Å². The average molecular weight is 347 g/mol. The van der Waals surface area contributed by atoms with Crippen LogP contribution in [0.4, 0.5) is 0 Å². The number of benzene rings is 1. The van der Waals surface area contributed by atoms with Gasteiger partial charge in [-0.2, -0.15) is 0 Å². The summed E-state index contributed by atoms with van der Waals surface area (Å²) in [5.74, 6) is 1.01. The zero-order valence-electron chi connectivity index (χ0n) is 15.6. The summed E-state index contributed by atoms with van der Waals surface area (Å²) >= 11 is 0. The van der Waals surface area contributed by atoms with Gasteiger partial charge in [-0.15, -0.1) is 0 Å². The highest BCUT2D eigenvalue weighted by molar-refractivity contribution is 5.91. The molecule has 1 aliphatic carbocycles. The normalized spacial score (nSPS) is 23.2.